The van der Waals surface area contributed by atoms with Crippen molar-refractivity contribution in [3.05, 3.63) is 11.8 Å². The fraction of sp³-hybridized carbons (Fsp3) is 0.778. The van der Waals surface area contributed by atoms with Crippen LogP contribution in [0.25, 0.3) is 0 Å². The second-order valence-corrected chi connectivity index (χ2v) is 4.88. The van der Waals surface area contributed by atoms with Gasteiger partial charge in [0.15, 0.2) is 0 Å². The van der Waals surface area contributed by atoms with Crippen molar-refractivity contribution in [3.63, 3.8) is 0 Å². The van der Waals surface area contributed by atoms with Crippen LogP contribution >= 0.6 is 0 Å². The van der Waals surface area contributed by atoms with Crippen LogP contribution < -0.4 is 5.73 Å². The first kappa shape index (κ1) is 10.2. The molecule has 0 saturated carbocycles. The first-order valence-electron chi connectivity index (χ1n) is 4.34. The molecule has 0 fully saturated rings. The van der Waals surface area contributed by atoms with E-state index < -0.39 is 5.54 Å². The summed E-state index contributed by atoms with van der Waals surface area (Å²) in [5, 5.41) is 7.87. The Kier molecular flexibility index (Phi) is 2.20. The molecule has 1 aromatic heterocycles. The van der Waals surface area contributed by atoms with Gasteiger partial charge in [-0.05, 0) is 13.8 Å². The smallest absolute Gasteiger partial charge is 0.235 e. The van der Waals surface area contributed by atoms with Gasteiger partial charge in [-0.3, -0.25) is 0 Å². The third-order valence-corrected chi connectivity index (χ3v) is 1.62. The second-order valence-electron chi connectivity index (χ2n) is 4.88. The molecule has 0 bridgehead atoms. The Morgan fingerprint density at radius 2 is 1.46 bits per heavy atom. The predicted molar refractivity (Wildman–Crippen MR) is 50.2 cm³/mol. The van der Waals surface area contributed by atoms with Crippen molar-refractivity contribution in [1.29, 1.82) is 0 Å². The predicted octanol–water partition coefficient (Wildman–Crippen LogP) is 1.56. The molecule has 0 amide bonds. The van der Waals surface area contributed by atoms with Crippen LogP contribution in [0.4, 0.5) is 0 Å². The molecule has 4 nitrogen and oxygen atoms in total. The quantitative estimate of drug-likeness (QED) is 0.717. The molecule has 0 aliphatic carbocycles. The molecule has 74 valence electrons. The summed E-state index contributed by atoms with van der Waals surface area (Å²) in [5.74, 6) is 1.11. The molecule has 4 heteroatoms. The molecule has 0 radical (unpaired) electrons. The summed E-state index contributed by atoms with van der Waals surface area (Å²) in [6.07, 6.45) is 0. The minimum atomic E-state index is -0.559. The van der Waals surface area contributed by atoms with Gasteiger partial charge in [0, 0.05) is 5.41 Å². The number of nitrogens with two attached hydrogens (primary N) is 1. The Balaban J connectivity index is 3.01. The highest BCUT2D eigenvalue weighted by atomic mass is 16.4. The number of aromatic nitrogens is 2. The Hall–Kier alpha value is -0.900. The van der Waals surface area contributed by atoms with Gasteiger partial charge in [-0.15, -0.1) is 10.2 Å². The van der Waals surface area contributed by atoms with E-state index in [1.165, 1.54) is 0 Å². The first-order valence-corrected chi connectivity index (χ1v) is 4.34. The molecule has 1 heterocycles. The van der Waals surface area contributed by atoms with Crippen LogP contribution in [0.2, 0.25) is 0 Å². The lowest BCUT2D eigenvalue weighted by atomic mass is 9.97. The largest absolute Gasteiger partial charge is 0.423 e. The average molecular weight is 183 g/mol. The summed E-state index contributed by atoms with van der Waals surface area (Å²) in [7, 11) is 0. The van der Waals surface area contributed by atoms with E-state index in [1.807, 2.05) is 34.6 Å². The molecule has 2 N–H and O–H groups in total. The van der Waals surface area contributed by atoms with Crippen molar-refractivity contribution in [2.45, 2.75) is 45.6 Å². The summed E-state index contributed by atoms with van der Waals surface area (Å²) in [4.78, 5) is 0. The van der Waals surface area contributed by atoms with Gasteiger partial charge in [0.25, 0.3) is 0 Å². The van der Waals surface area contributed by atoms with Crippen molar-refractivity contribution in [3.8, 4) is 0 Å². The van der Waals surface area contributed by atoms with Gasteiger partial charge < -0.3 is 10.2 Å². The molecule has 0 unspecified atom stereocenters. The highest BCUT2D eigenvalue weighted by molar-refractivity contribution is 5.00. The lowest BCUT2D eigenvalue weighted by Gasteiger charge is -2.14. The van der Waals surface area contributed by atoms with Gasteiger partial charge in [-0.1, -0.05) is 20.8 Å². The summed E-state index contributed by atoms with van der Waals surface area (Å²) in [6, 6.07) is 0. The number of hydrogen-bond acceptors (Lipinski definition) is 4. The second kappa shape index (κ2) is 2.80. The normalized spacial score (nSPS) is 13.4. The maximum absolute atomic E-state index is 5.82. The zero-order valence-electron chi connectivity index (χ0n) is 8.88. The standard InChI is InChI=1S/C9H17N3O/c1-8(2,3)6-11-12-7(13-6)9(4,5)10/h10H2,1-5H3. The van der Waals surface area contributed by atoms with Crippen LogP contribution in [0, 0.1) is 0 Å². The van der Waals surface area contributed by atoms with Crippen LogP contribution in [0.3, 0.4) is 0 Å². The van der Waals surface area contributed by atoms with E-state index >= 15 is 0 Å². The first-order chi connectivity index (χ1) is 5.71. The fourth-order valence-corrected chi connectivity index (χ4v) is 0.787. The molecule has 13 heavy (non-hydrogen) atoms. The maximum atomic E-state index is 5.82. The summed E-state index contributed by atoms with van der Waals surface area (Å²) in [6.45, 7) is 9.75. The Morgan fingerprint density at radius 3 is 1.69 bits per heavy atom. The molecule has 0 atom stereocenters. The fourth-order valence-electron chi connectivity index (χ4n) is 0.787. The zero-order valence-corrected chi connectivity index (χ0v) is 8.88. The Labute approximate surface area is 78.5 Å². The van der Waals surface area contributed by atoms with E-state index in [1.54, 1.807) is 0 Å². The van der Waals surface area contributed by atoms with Crippen molar-refractivity contribution in [2.75, 3.05) is 0 Å². The molecular weight excluding hydrogens is 166 g/mol. The molecule has 0 aliphatic heterocycles. The number of nitrogens with zero attached hydrogens (tertiary/aromatic N) is 2. The van der Waals surface area contributed by atoms with E-state index in [0.717, 1.165) is 0 Å². The third kappa shape index (κ3) is 2.28. The number of rotatable bonds is 1. The lowest BCUT2D eigenvalue weighted by Crippen LogP contribution is -2.29. The van der Waals surface area contributed by atoms with Crippen LogP contribution in [0.1, 0.15) is 46.4 Å². The van der Waals surface area contributed by atoms with Crippen molar-refractivity contribution >= 4 is 0 Å². The van der Waals surface area contributed by atoms with Gasteiger partial charge in [-0.2, -0.15) is 0 Å². The van der Waals surface area contributed by atoms with Gasteiger partial charge in [0.05, 0.1) is 5.54 Å². The molecule has 1 aromatic rings. The monoisotopic (exact) mass is 183 g/mol. The zero-order chi connectivity index (χ0) is 10.3. The summed E-state index contributed by atoms with van der Waals surface area (Å²) in [5.41, 5.74) is 5.14. The summed E-state index contributed by atoms with van der Waals surface area (Å²) >= 11 is 0. The van der Waals surface area contributed by atoms with Crippen molar-refractivity contribution in [1.82, 2.24) is 10.2 Å². The third-order valence-electron chi connectivity index (χ3n) is 1.62. The van der Waals surface area contributed by atoms with Crippen LogP contribution in [0.5, 0.6) is 0 Å². The van der Waals surface area contributed by atoms with Crippen LogP contribution in [0.15, 0.2) is 4.42 Å². The minimum absolute atomic E-state index is 0.115. The number of hydrogen-bond donors (Lipinski definition) is 1. The van der Waals surface area contributed by atoms with E-state index in [2.05, 4.69) is 10.2 Å². The molecule has 0 aromatic carbocycles. The van der Waals surface area contributed by atoms with E-state index in [-0.39, 0.29) is 5.41 Å². The van der Waals surface area contributed by atoms with Gasteiger partial charge in [0.1, 0.15) is 0 Å². The van der Waals surface area contributed by atoms with Gasteiger partial charge >= 0.3 is 0 Å². The molecular formula is C9H17N3O. The highest BCUT2D eigenvalue weighted by Gasteiger charge is 2.26. The molecule has 0 spiro atoms. The molecule has 0 saturated heterocycles. The van der Waals surface area contributed by atoms with E-state index in [9.17, 15) is 0 Å². The van der Waals surface area contributed by atoms with Crippen molar-refractivity contribution in [2.24, 2.45) is 5.73 Å². The highest BCUT2D eigenvalue weighted by Crippen LogP contribution is 2.23. The van der Waals surface area contributed by atoms with Crippen LogP contribution in [-0.4, -0.2) is 10.2 Å². The SMILES string of the molecule is CC(C)(C)c1nnc(C(C)(C)N)o1. The van der Waals surface area contributed by atoms with E-state index in [0.29, 0.717) is 11.8 Å². The van der Waals surface area contributed by atoms with Gasteiger partial charge in [-0.25, -0.2) is 0 Å². The summed E-state index contributed by atoms with van der Waals surface area (Å²) < 4.78 is 5.47. The van der Waals surface area contributed by atoms with Gasteiger partial charge in [0.2, 0.25) is 11.8 Å². The molecule has 1 rings (SSSR count). The lowest BCUT2D eigenvalue weighted by molar-refractivity contribution is 0.323. The van der Waals surface area contributed by atoms with Crippen molar-refractivity contribution < 1.29 is 4.42 Å². The van der Waals surface area contributed by atoms with Crippen LogP contribution in [-0.2, 0) is 11.0 Å². The minimum Gasteiger partial charge on any atom is -0.423 e. The Morgan fingerprint density at radius 1 is 1.00 bits per heavy atom. The maximum Gasteiger partial charge on any atom is 0.235 e. The topological polar surface area (TPSA) is 64.9 Å². The average Bonchev–Trinajstić information content (AvgIpc) is 2.28. The molecule has 0 aliphatic rings. The Bertz CT molecular complexity index is 262. The van der Waals surface area contributed by atoms with E-state index in [4.69, 9.17) is 10.2 Å².